The predicted octanol–water partition coefficient (Wildman–Crippen LogP) is 20.0. The second-order valence-corrected chi connectivity index (χ2v) is 25.4. The van der Waals surface area contributed by atoms with Crippen molar-refractivity contribution in [3.63, 3.8) is 0 Å². The summed E-state index contributed by atoms with van der Waals surface area (Å²) in [6, 6.07) is -0.830. The van der Waals surface area contributed by atoms with Gasteiger partial charge in [-0.3, -0.25) is 4.79 Å². The fraction of sp³-hybridized carbons (Fsp3) is 0.878. The van der Waals surface area contributed by atoms with Crippen molar-refractivity contribution in [3.8, 4) is 0 Å². The van der Waals surface area contributed by atoms with E-state index in [1.807, 2.05) is 6.08 Å². The maximum absolute atomic E-state index is 13.1. The summed E-state index contributed by atoms with van der Waals surface area (Å²) in [7, 11) is 0. The van der Waals surface area contributed by atoms with Gasteiger partial charge in [0, 0.05) is 6.42 Å². The van der Waals surface area contributed by atoms with Gasteiger partial charge >= 0.3 is 0 Å². The van der Waals surface area contributed by atoms with Crippen LogP contribution in [0.2, 0.25) is 0 Å². The zero-order chi connectivity index (χ0) is 60.0. The van der Waals surface area contributed by atoms with Crippen LogP contribution in [-0.4, -0.2) is 87.5 Å². The first-order valence-corrected chi connectivity index (χ1v) is 36.4. The summed E-state index contributed by atoms with van der Waals surface area (Å²) in [5.41, 5.74) is 0. The number of rotatable bonds is 64. The van der Waals surface area contributed by atoms with Gasteiger partial charge in [0.15, 0.2) is 6.29 Å². The molecule has 0 saturated carbocycles. The third-order valence-electron chi connectivity index (χ3n) is 17.4. The standard InChI is InChI=1S/C74H139NO8/c1-3-5-7-9-11-13-15-17-19-21-23-25-27-29-31-32-33-34-35-36-38-39-41-43-45-47-49-51-53-55-57-59-61-63-68(77)67(66-82-74-73(81)72(80)71(79)69(65-76)83-74)75-70(78)64-62-60-58-56-54-52-50-48-46-44-42-40-37-30-28-26-24-22-20-18-16-14-12-10-8-6-4-2/h22,24,45,47,53,55,61,63,67-69,71-74,76-77,79-81H,3-21,23,25-44,46,48-52,54,56-60,62,64-66H2,1-2H3,(H,75,78)/b24-22-,47-45+,55-53+,63-61+. The predicted molar refractivity (Wildman–Crippen MR) is 355 cm³/mol. The average Bonchev–Trinajstić information content (AvgIpc) is 3.60. The molecule has 0 spiro atoms. The first-order chi connectivity index (χ1) is 40.8. The normalized spacial score (nSPS) is 18.5. The van der Waals surface area contributed by atoms with Gasteiger partial charge in [0.1, 0.15) is 24.4 Å². The van der Waals surface area contributed by atoms with Crippen LogP contribution < -0.4 is 5.32 Å². The highest BCUT2D eigenvalue weighted by Crippen LogP contribution is 2.23. The molecule has 0 radical (unpaired) electrons. The van der Waals surface area contributed by atoms with Crippen molar-refractivity contribution in [1.29, 1.82) is 0 Å². The smallest absolute Gasteiger partial charge is 0.220 e. The number of unbranched alkanes of at least 4 members (excludes halogenated alkanes) is 48. The number of amides is 1. The molecule has 9 nitrogen and oxygen atoms in total. The Morgan fingerprint density at radius 3 is 1.01 bits per heavy atom. The van der Waals surface area contributed by atoms with Crippen molar-refractivity contribution in [2.24, 2.45) is 0 Å². The number of carbonyl (C=O) groups is 1. The average molecular weight is 1170 g/mol. The van der Waals surface area contributed by atoms with Crippen LogP contribution in [0, 0.1) is 0 Å². The van der Waals surface area contributed by atoms with Gasteiger partial charge in [-0.2, -0.15) is 0 Å². The summed E-state index contributed by atoms with van der Waals surface area (Å²) in [5.74, 6) is -0.185. The van der Waals surface area contributed by atoms with Crippen molar-refractivity contribution in [1.82, 2.24) is 5.32 Å². The Morgan fingerprint density at radius 2 is 0.687 bits per heavy atom. The van der Waals surface area contributed by atoms with E-state index in [1.165, 1.54) is 295 Å². The van der Waals surface area contributed by atoms with Gasteiger partial charge in [0.2, 0.25) is 5.91 Å². The quantitative estimate of drug-likeness (QED) is 0.0261. The molecular weight excluding hydrogens is 1030 g/mol. The van der Waals surface area contributed by atoms with Gasteiger partial charge in [0.05, 0.1) is 25.4 Å². The molecule has 1 heterocycles. The number of ether oxygens (including phenoxy) is 2. The molecule has 1 aliphatic rings. The van der Waals surface area contributed by atoms with Gasteiger partial charge < -0.3 is 40.3 Å². The number of aliphatic hydroxyl groups excluding tert-OH is 5. The summed E-state index contributed by atoms with van der Waals surface area (Å²) >= 11 is 0. The fourth-order valence-electron chi connectivity index (χ4n) is 11.7. The van der Waals surface area contributed by atoms with E-state index in [9.17, 15) is 30.3 Å². The van der Waals surface area contributed by atoms with Crippen LogP contribution in [-0.2, 0) is 14.3 Å². The molecule has 83 heavy (non-hydrogen) atoms. The molecule has 7 unspecified atom stereocenters. The summed E-state index contributed by atoms with van der Waals surface area (Å²) in [6.07, 6.45) is 79.5. The van der Waals surface area contributed by atoms with Crippen molar-refractivity contribution in [2.75, 3.05) is 13.2 Å². The molecule has 7 atom stereocenters. The highest BCUT2D eigenvalue weighted by atomic mass is 16.7. The number of carbonyl (C=O) groups excluding carboxylic acids is 1. The Balaban J connectivity index is 2.14. The molecule has 0 aliphatic carbocycles. The number of hydrogen-bond donors (Lipinski definition) is 6. The lowest BCUT2D eigenvalue weighted by molar-refractivity contribution is -0.302. The molecule has 0 aromatic carbocycles. The van der Waals surface area contributed by atoms with Crippen LogP contribution in [0.4, 0.5) is 0 Å². The van der Waals surface area contributed by atoms with E-state index >= 15 is 0 Å². The Bertz CT molecular complexity index is 1450. The highest BCUT2D eigenvalue weighted by Gasteiger charge is 2.44. The summed E-state index contributed by atoms with van der Waals surface area (Å²) in [6.45, 7) is 3.81. The fourth-order valence-corrected chi connectivity index (χ4v) is 11.7. The van der Waals surface area contributed by atoms with E-state index in [4.69, 9.17) is 9.47 Å². The lowest BCUT2D eigenvalue weighted by Crippen LogP contribution is -2.60. The van der Waals surface area contributed by atoms with Crippen molar-refractivity contribution < 1.29 is 39.8 Å². The maximum Gasteiger partial charge on any atom is 0.220 e. The molecule has 6 N–H and O–H groups in total. The minimum absolute atomic E-state index is 0.185. The zero-order valence-corrected chi connectivity index (χ0v) is 54.7. The SMILES string of the molecule is CCCCCCCCCC/C=C\CCCCCCCCCCCCCCCCCC(=O)NC(COC1OC(CO)C(O)C(O)C1O)C(O)/C=C/CC/C=C/CC/C=C/CCCCCCCCCCCCCCCCCCCCCCCCC. The van der Waals surface area contributed by atoms with Crippen molar-refractivity contribution in [2.45, 2.75) is 403 Å². The highest BCUT2D eigenvalue weighted by molar-refractivity contribution is 5.76. The lowest BCUT2D eigenvalue weighted by Gasteiger charge is -2.40. The van der Waals surface area contributed by atoms with Crippen LogP contribution in [0.5, 0.6) is 0 Å². The number of nitrogens with one attached hydrogen (secondary N) is 1. The van der Waals surface area contributed by atoms with Crippen LogP contribution in [0.1, 0.15) is 361 Å². The molecule has 1 aliphatic heterocycles. The van der Waals surface area contributed by atoms with Crippen LogP contribution in [0.15, 0.2) is 48.6 Å². The largest absolute Gasteiger partial charge is 0.394 e. The molecule has 9 heteroatoms. The monoisotopic (exact) mass is 1170 g/mol. The molecule has 488 valence electrons. The van der Waals surface area contributed by atoms with Crippen molar-refractivity contribution in [3.05, 3.63) is 48.6 Å². The molecular formula is C74H139NO8. The van der Waals surface area contributed by atoms with E-state index in [1.54, 1.807) is 6.08 Å². The first kappa shape index (κ1) is 79.2. The Kier molecular flexibility index (Phi) is 60.3. The van der Waals surface area contributed by atoms with E-state index < -0.39 is 49.5 Å². The topological polar surface area (TPSA) is 149 Å². The number of allylic oxidation sites excluding steroid dienone is 7. The summed E-state index contributed by atoms with van der Waals surface area (Å²) in [4.78, 5) is 13.1. The van der Waals surface area contributed by atoms with Crippen LogP contribution in [0.25, 0.3) is 0 Å². The summed E-state index contributed by atoms with van der Waals surface area (Å²) in [5, 5.41) is 54.8. The van der Waals surface area contributed by atoms with Crippen LogP contribution >= 0.6 is 0 Å². The van der Waals surface area contributed by atoms with Gasteiger partial charge in [-0.05, 0) is 70.6 Å². The Hall–Kier alpha value is -1.85. The van der Waals surface area contributed by atoms with E-state index in [0.29, 0.717) is 6.42 Å². The molecule has 0 aromatic heterocycles. The van der Waals surface area contributed by atoms with Gasteiger partial charge in [0.25, 0.3) is 0 Å². The van der Waals surface area contributed by atoms with Crippen molar-refractivity contribution >= 4 is 5.91 Å². The lowest BCUT2D eigenvalue weighted by atomic mass is 9.99. The molecule has 1 amide bonds. The Labute approximate surface area is 514 Å². The zero-order valence-electron chi connectivity index (χ0n) is 54.7. The number of aliphatic hydroxyl groups is 5. The molecule has 1 rings (SSSR count). The molecule has 0 bridgehead atoms. The number of hydrogen-bond acceptors (Lipinski definition) is 8. The van der Waals surface area contributed by atoms with E-state index in [0.717, 1.165) is 44.9 Å². The maximum atomic E-state index is 13.1. The molecule has 1 fully saturated rings. The minimum Gasteiger partial charge on any atom is -0.394 e. The van der Waals surface area contributed by atoms with Gasteiger partial charge in [-0.25, -0.2) is 0 Å². The first-order valence-electron chi connectivity index (χ1n) is 36.4. The molecule has 0 aromatic rings. The third-order valence-corrected chi connectivity index (χ3v) is 17.4. The Morgan fingerprint density at radius 1 is 0.398 bits per heavy atom. The molecule has 1 saturated heterocycles. The summed E-state index contributed by atoms with van der Waals surface area (Å²) < 4.78 is 11.3. The van der Waals surface area contributed by atoms with E-state index in [-0.39, 0.29) is 12.5 Å². The second kappa shape index (κ2) is 63.2. The third kappa shape index (κ3) is 51.9. The van der Waals surface area contributed by atoms with E-state index in [2.05, 4.69) is 55.6 Å². The van der Waals surface area contributed by atoms with Gasteiger partial charge in [-0.15, -0.1) is 0 Å². The van der Waals surface area contributed by atoms with Gasteiger partial charge in [-0.1, -0.05) is 332 Å². The van der Waals surface area contributed by atoms with Crippen LogP contribution in [0.3, 0.4) is 0 Å². The minimum atomic E-state index is -1.58. The second-order valence-electron chi connectivity index (χ2n) is 25.4.